The second-order valence-corrected chi connectivity index (χ2v) is 6.91. The first-order valence-corrected chi connectivity index (χ1v) is 8.10. The van der Waals surface area contributed by atoms with Crippen molar-refractivity contribution in [3.05, 3.63) is 20.8 Å². The highest BCUT2D eigenvalue weighted by molar-refractivity contribution is 9.11. The Labute approximate surface area is 122 Å². The Hall–Kier alpha value is 0.0600. The lowest BCUT2D eigenvalue weighted by Gasteiger charge is -2.34. The van der Waals surface area contributed by atoms with Gasteiger partial charge in [0.1, 0.15) is 0 Å². The topological polar surface area (TPSA) is 49.5 Å². The van der Waals surface area contributed by atoms with Crippen LogP contribution in [0.2, 0.25) is 0 Å². The number of halogens is 1. The molecule has 1 aromatic rings. The van der Waals surface area contributed by atoms with Gasteiger partial charge in [-0.2, -0.15) is 0 Å². The van der Waals surface area contributed by atoms with Crippen molar-refractivity contribution in [1.29, 1.82) is 0 Å². The first-order valence-electron chi connectivity index (χ1n) is 6.49. The molecule has 0 radical (unpaired) electrons. The van der Waals surface area contributed by atoms with Crippen LogP contribution in [0.15, 0.2) is 15.9 Å². The van der Waals surface area contributed by atoms with Gasteiger partial charge in [0.05, 0.1) is 16.4 Å². The molecule has 0 spiro atoms. The van der Waals surface area contributed by atoms with Crippen LogP contribution in [0.4, 0.5) is 0 Å². The average molecular weight is 335 g/mol. The predicted molar refractivity (Wildman–Crippen MR) is 82.0 cm³/mol. The lowest BCUT2D eigenvalue weighted by molar-refractivity contribution is 0.134. The third-order valence-corrected chi connectivity index (χ3v) is 4.75. The SMILES string of the molecule is CCCN(CCO)C(c1ccc(Br)s1)C(N)CC. The number of nitrogens with zero attached hydrogens (tertiary/aromatic N) is 1. The van der Waals surface area contributed by atoms with Gasteiger partial charge in [-0.15, -0.1) is 11.3 Å². The summed E-state index contributed by atoms with van der Waals surface area (Å²) in [5.74, 6) is 0. The molecule has 1 heterocycles. The maximum absolute atomic E-state index is 9.23. The van der Waals surface area contributed by atoms with Crippen molar-refractivity contribution in [2.75, 3.05) is 19.7 Å². The second-order valence-electron chi connectivity index (χ2n) is 4.42. The smallest absolute Gasteiger partial charge is 0.0702 e. The summed E-state index contributed by atoms with van der Waals surface area (Å²) in [6.07, 6.45) is 2.01. The zero-order valence-electron chi connectivity index (χ0n) is 11.1. The highest BCUT2D eigenvalue weighted by atomic mass is 79.9. The number of hydrogen-bond donors (Lipinski definition) is 2. The van der Waals surface area contributed by atoms with Gasteiger partial charge in [-0.3, -0.25) is 4.90 Å². The molecule has 0 aliphatic heterocycles. The summed E-state index contributed by atoms with van der Waals surface area (Å²) in [5, 5.41) is 9.23. The fourth-order valence-corrected chi connectivity index (χ4v) is 3.81. The Kier molecular flexibility index (Phi) is 7.41. The van der Waals surface area contributed by atoms with Crippen LogP contribution < -0.4 is 5.73 Å². The van der Waals surface area contributed by atoms with Crippen molar-refractivity contribution in [3.8, 4) is 0 Å². The molecule has 0 aliphatic carbocycles. The molecule has 0 bridgehead atoms. The molecule has 104 valence electrons. The third kappa shape index (κ3) is 4.31. The molecule has 3 N–H and O–H groups in total. The van der Waals surface area contributed by atoms with Crippen LogP contribution in [0.25, 0.3) is 0 Å². The quantitative estimate of drug-likeness (QED) is 0.768. The minimum absolute atomic E-state index is 0.105. The monoisotopic (exact) mass is 334 g/mol. The second kappa shape index (κ2) is 8.27. The summed E-state index contributed by atoms with van der Waals surface area (Å²) in [4.78, 5) is 3.57. The first kappa shape index (κ1) is 16.1. The van der Waals surface area contributed by atoms with E-state index in [0.717, 1.165) is 23.2 Å². The Morgan fingerprint density at radius 3 is 2.56 bits per heavy atom. The Balaban J connectivity index is 2.94. The largest absolute Gasteiger partial charge is 0.395 e. The van der Waals surface area contributed by atoms with E-state index in [1.165, 1.54) is 4.88 Å². The van der Waals surface area contributed by atoms with Gasteiger partial charge in [0.15, 0.2) is 0 Å². The molecule has 0 saturated carbocycles. The maximum Gasteiger partial charge on any atom is 0.0702 e. The summed E-state index contributed by atoms with van der Waals surface area (Å²) >= 11 is 5.24. The fraction of sp³-hybridized carbons (Fsp3) is 0.692. The van der Waals surface area contributed by atoms with Gasteiger partial charge in [0.2, 0.25) is 0 Å². The van der Waals surface area contributed by atoms with Gasteiger partial charge in [-0.05, 0) is 47.4 Å². The number of nitrogens with two attached hydrogens (primary N) is 1. The third-order valence-electron chi connectivity index (χ3n) is 3.05. The number of aliphatic hydroxyl groups excluding tert-OH is 1. The molecule has 1 rings (SSSR count). The summed E-state index contributed by atoms with van der Waals surface area (Å²) in [6.45, 7) is 6.10. The van der Waals surface area contributed by atoms with E-state index in [-0.39, 0.29) is 18.7 Å². The van der Waals surface area contributed by atoms with E-state index in [1.54, 1.807) is 11.3 Å². The summed E-state index contributed by atoms with van der Waals surface area (Å²) in [7, 11) is 0. The van der Waals surface area contributed by atoms with E-state index >= 15 is 0 Å². The van der Waals surface area contributed by atoms with Crippen LogP contribution in [0.1, 0.15) is 37.6 Å². The van der Waals surface area contributed by atoms with Crippen molar-refractivity contribution in [2.45, 2.75) is 38.8 Å². The van der Waals surface area contributed by atoms with Crippen molar-refractivity contribution in [3.63, 3.8) is 0 Å². The van der Waals surface area contributed by atoms with Crippen LogP contribution in [0.5, 0.6) is 0 Å². The van der Waals surface area contributed by atoms with Crippen LogP contribution >= 0.6 is 27.3 Å². The minimum Gasteiger partial charge on any atom is -0.395 e. The Morgan fingerprint density at radius 1 is 1.39 bits per heavy atom. The maximum atomic E-state index is 9.23. The molecule has 5 heteroatoms. The van der Waals surface area contributed by atoms with Gasteiger partial charge in [-0.25, -0.2) is 0 Å². The lowest BCUT2D eigenvalue weighted by atomic mass is 10.0. The highest BCUT2D eigenvalue weighted by Crippen LogP contribution is 2.33. The molecule has 3 nitrogen and oxygen atoms in total. The van der Waals surface area contributed by atoms with Crippen LogP contribution in [-0.2, 0) is 0 Å². The molecule has 0 amide bonds. The zero-order chi connectivity index (χ0) is 13.5. The van der Waals surface area contributed by atoms with E-state index in [0.29, 0.717) is 6.54 Å². The molecule has 2 unspecified atom stereocenters. The van der Waals surface area contributed by atoms with E-state index in [1.807, 2.05) is 0 Å². The molecule has 1 aromatic heterocycles. The minimum atomic E-state index is 0.105. The standard InChI is InChI=1S/C13H23BrN2OS/c1-3-7-16(8-9-17)13(10(15)4-2)11-5-6-12(14)18-11/h5-6,10,13,17H,3-4,7-9,15H2,1-2H3. The lowest BCUT2D eigenvalue weighted by Crippen LogP contribution is -2.42. The van der Waals surface area contributed by atoms with Crippen molar-refractivity contribution >= 4 is 27.3 Å². The number of hydrogen-bond acceptors (Lipinski definition) is 4. The number of aliphatic hydroxyl groups is 1. The summed E-state index contributed by atoms with van der Waals surface area (Å²) < 4.78 is 1.13. The van der Waals surface area contributed by atoms with E-state index < -0.39 is 0 Å². The molecular weight excluding hydrogens is 312 g/mol. The van der Waals surface area contributed by atoms with Crippen LogP contribution in [0, 0.1) is 0 Å². The summed E-state index contributed by atoms with van der Waals surface area (Å²) in [6, 6.07) is 4.51. The highest BCUT2D eigenvalue weighted by Gasteiger charge is 2.26. The molecule has 0 fully saturated rings. The first-order chi connectivity index (χ1) is 8.63. The van der Waals surface area contributed by atoms with Crippen molar-refractivity contribution in [1.82, 2.24) is 4.90 Å². The van der Waals surface area contributed by atoms with Crippen LogP contribution in [0.3, 0.4) is 0 Å². The number of thiophene rings is 1. The van der Waals surface area contributed by atoms with Gasteiger partial charge in [-0.1, -0.05) is 13.8 Å². The van der Waals surface area contributed by atoms with Crippen molar-refractivity contribution < 1.29 is 5.11 Å². The van der Waals surface area contributed by atoms with Gasteiger partial charge < -0.3 is 10.8 Å². The van der Waals surface area contributed by atoms with Gasteiger partial charge in [0.25, 0.3) is 0 Å². The molecule has 2 atom stereocenters. The van der Waals surface area contributed by atoms with E-state index in [4.69, 9.17) is 5.73 Å². The zero-order valence-corrected chi connectivity index (χ0v) is 13.5. The van der Waals surface area contributed by atoms with Crippen LogP contribution in [-0.4, -0.2) is 35.7 Å². The van der Waals surface area contributed by atoms with E-state index in [2.05, 4.69) is 46.8 Å². The van der Waals surface area contributed by atoms with Crippen molar-refractivity contribution in [2.24, 2.45) is 5.73 Å². The van der Waals surface area contributed by atoms with Gasteiger partial charge >= 0.3 is 0 Å². The van der Waals surface area contributed by atoms with E-state index in [9.17, 15) is 5.11 Å². The Bertz CT molecular complexity index is 339. The Morgan fingerprint density at radius 2 is 2.11 bits per heavy atom. The summed E-state index contributed by atoms with van der Waals surface area (Å²) in [5.41, 5.74) is 6.29. The van der Waals surface area contributed by atoms with Gasteiger partial charge in [0, 0.05) is 17.5 Å². The molecule has 0 saturated heterocycles. The predicted octanol–water partition coefficient (Wildman–Crippen LogP) is 2.99. The molecule has 18 heavy (non-hydrogen) atoms. The number of rotatable bonds is 8. The average Bonchev–Trinajstić information content (AvgIpc) is 2.76. The molecule has 0 aliphatic rings. The molecule has 0 aromatic carbocycles. The normalized spacial score (nSPS) is 15.0. The fourth-order valence-electron chi connectivity index (χ4n) is 2.18. The molecular formula is C13H23BrN2OS.